The van der Waals surface area contributed by atoms with E-state index in [1.54, 1.807) is 0 Å². The summed E-state index contributed by atoms with van der Waals surface area (Å²) in [6.45, 7) is 7.66. The summed E-state index contributed by atoms with van der Waals surface area (Å²) >= 11 is 0. The first-order chi connectivity index (χ1) is 8.27. The van der Waals surface area contributed by atoms with E-state index in [0.29, 0.717) is 6.04 Å². The van der Waals surface area contributed by atoms with Gasteiger partial charge in [0.25, 0.3) is 0 Å². The van der Waals surface area contributed by atoms with Gasteiger partial charge < -0.3 is 5.73 Å². The van der Waals surface area contributed by atoms with E-state index < -0.39 is 0 Å². The predicted molar refractivity (Wildman–Crippen MR) is 69.7 cm³/mol. The minimum absolute atomic E-state index is 0.258. The van der Waals surface area contributed by atoms with E-state index in [9.17, 15) is 0 Å². The summed E-state index contributed by atoms with van der Waals surface area (Å²) in [5.41, 5.74) is 7.57. The molecule has 1 aliphatic rings. The molecule has 2 rings (SSSR count). The van der Waals surface area contributed by atoms with Gasteiger partial charge in [-0.1, -0.05) is 13.8 Å². The van der Waals surface area contributed by atoms with E-state index in [4.69, 9.17) is 5.73 Å². The van der Waals surface area contributed by atoms with E-state index in [1.807, 2.05) is 6.20 Å². The zero-order chi connectivity index (χ0) is 12.3. The Balaban J connectivity index is 2.20. The Labute approximate surface area is 104 Å². The quantitative estimate of drug-likeness (QED) is 0.847. The Hall–Kier alpha value is -0.870. The topological polar surface area (TPSA) is 47.1 Å². The van der Waals surface area contributed by atoms with Crippen LogP contribution in [0.25, 0.3) is 0 Å². The van der Waals surface area contributed by atoms with Crippen molar-refractivity contribution in [1.82, 2.24) is 14.7 Å². The van der Waals surface area contributed by atoms with Crippen LogP contribution in [-0.2, 0) is 6.54 Å². The molecule has 1 fully saturated rings. The van der Waals surface area contributed by atoms with Gasteiger partial charge in [-0.05, 0) is 31.9 Å². The fourth-order valence-corrected chi connectivity index (χ4v) is 2.82. The number of hydrogen-bond acceptors (Lipinski definition) is 3. The molecule has 1 aliphatic heterocycles. The first-order valence-corrected chi connectivity index (χ1v) is 6.79. The summed E-state index contributed by atoms with van der Waals surface area (Å²) in [7, 11) is 0. The first kappa shape index (κ1) is 12.6. The molecule has 2 unspecified atom stereocenters. The number of hydrogen-bond donors (Lipinski definition) is 1. The lowest BCUT2D eigenvalue weighted by molar-refractivity contribution is 0.236. The van der Waals surface area contributed by atoms with Crippen LogP contribution in [0.3, 0.4) is 0 Å². The average Bonchev–Trinajstić information content (AvgIpc) is 2.87. The molecule has 1 aromatic rings. The first-order valence-electron chi connectivity index (χ1n) is 6.79. The highest BCUT2D eigenvalue weighted by molar-refractivity contribution is 5.13. The van der Waals surface area contributed by atoms with Crippen molar-refractivity contribution in [3.63, 3.8) is 0 Å². The standard InChI is InChI=1S/C13H24N4/c1-3-8-16-10-6-11(14)13(16)12-5-7-15-17(12)9-4-2/h5,7,11,13H,3-4,6,8-10,14H2,1-2H3. The molecule has 96 valence electrons. The van der Waals surface area contributed by atoms with E-state index >= 15 is 0 Å². The SMILES string of the molecule is CCCN1CCC(N)C1c1ccnn1CCC. The fourth-order valence-electron chi connectivity index (χ4n) is 2.82. The third-order valence-corrected chi connectivity index (χ3v) is 3.55. The predicted octanol–water partition coefficient (Wildman–Crippen LogP) is 1.78. The van der Waals surface area contributed by atoms with Gasteiger partial charge in [-0.3, -0.25) is 9.58 Å². The van der Waals surface area contributed by atoms with E-state index in [0.717, 1.165) is 32.5 Å². The van der Waals surface area contributed by atoms with Crippen LogP contribution in [0.15, 0.2) is 12.3 Å². The van der Waals surface area contributed by atoms with Crippen molar-refractivity contribution in [2.75, 3.05) is 13.1 Å². The maximum atomic E-state index is 6.27. The Morgan fingerprint density at radius 3 is 2.82 bits per heavy atom. The minimum Gasteiger partial charge on any atom is -0.326 e. The van der Waals surface area contributed by atoms with Crippen LogP contribution in [0.4, 0.5) is 0 Å². The molecule has 0 aliphatic carbocycles. The largest absolute Gasteiger partial charge is 0.326 e. The summed E-state index contributed by atoms with van der Waals surface area (Å²) in [5.74, 6) is 0. The van der Waals surface area contributed by atoms with Gasteiger partial charge in [0.15, 0.2) is 0 Å². The van der Waals surface area contributed by atoms with Crippen molar-refractivity contribution in [2.45, 2.75) is 51.7 Å². The number of nitrogens with two attached hydrogens (primary N) is 1. The third-order valence-electron chi connectivity index (χ3n) is 3.55. The number of nitrogens with zero attached hydrogens (tertiary/aromatic N) is 3. The summed E-state index contributed by atoms with van der Waals surface area (Å²) in [4.78, 5) is 2.51. The van der Waals surface area contributed by atoms with Gasteiger partial charge in [-0.15, -0.1) is 0 Å². The van der Waals surface area contributed by atoms with Gasteiger partial charge in [0.1, 0.15) is 0 Å². The molecule has 0 radical (unpaired) electrons. The van der Waals surface area contributed by atoms with Crippen molar-refractivity contribution in [1.29, 1.82) is 0 Å². The van der Waals surface area contributed by atoms with E-state index in [2.05, 4.69) is 34.6 Å². The third kappa shape index (κ3) is 2.53. The zero-order valence-corrected chi connectivity index (χ0v) is 11.0. The van der Waals surface area contributed by atoms with Gasteiger partial charge in [0, 0.05) is 25.3 Å². The van der Waals surface area contributed by atoms with Crippen molar-refractivity contribution in [3.8, 4) is 0 Å². The van der Waals surface area contributed by atoms with E-state index in [-0.39, 0.29) is 6.04 Å². The summed E-state index contributed by atoms with van der Waals surface area (Å²) < 4.78 is 2.12. The highest BCUT2D eigenvalue weighted by Crippen LogP contribution is 2.31. The van der Waals surface area contributed by atoms with Crippen LogP contribution in [0.2, 0.25) is 0 Å². The molecule has 1 saturated heterocycles. The highest BCUT2D eigenvalue weighted by Gasteiger charge is 2.34. The molecule has 17 heavy (non-hydrogen) atoms. The second-order valence-corrected chi connectivity index (χ2v) is 4.91. The van der Waals surface area contributed by atoms with Crippen molar-refractivity contribution < 1.29 is 0 Å². The Kier molecular flexibility index (Phi) is 4.18. The fraction of sp³-hybridized carbons (Fsp3) is 0.769. The van der Waals surface area contributed by atoms with Crippen LogP contribution in [0.5, 0.6) is 0 Å². The number of aromatic nitrogens is 2. The maximum absolute atomic E-state index is 6.27. The van der Waals surface area contributed by atoms with Crippen molar-refractivity contribution >= 4 is 0 Å². The van der Waals surface area contributed by atoms with Crippen LogP contribution < -0.4 is 5.73 Å². The molecule has 2 N–H and O–H groups in total. The molecule has 0 amide bonds. The van der Waals surface area contributed by atoms with Crippen LogP contribution in [0.1, 0.15) is 44.8 Å². The van der Waals surface area contributed by atoms with Crippen LogP contribution in [0, 0.1) is 0 Å². The number of likely N-dealkylation sites (tertiary alicyclic amines) is 1. The minimum atomic E-state index is 0.258. The van der Waals surface area contributed by atoms with Gasteiger partial charge in [-0.25, -0.2) is 0 Å². The highest BCUT2D eigenvalue weighted by atomic mass is 15.3. The van der Waals surface area contributed by atoms with Crippen molar-refractivity contribution in [3.05, 3.63) is 18.0 Å². The van der Waals surface area contributed by atoms with Crippen molar-refractivity contribution in [2.24, 2.45) is 5.73 Å². The normalized spacial score (nSPS) is 25.6. The van der Waals surface area contributed by atoms with Gasteiger partial charge in [-0.2, -0.15) is 5.10 Å². The lowest BCUT2D eigenvalue weighted by atomic mass is 10.1. The smallest absolute Gasteiger partial charge is 0.0671 e. The monoisotopic (exact) mass is 236 g/mol. The van der Waals surface area contributed by atoms with Crippen LogP contribution >= 0.6 is 0 Å². The molecule has 2 atom stereocenters. The molecule has 2 heterocycles. The lowest BCUT2D eigenvalue weighted by Gasteiger charge is -2.27. The number of rotatable bonds is 5. The summed E-state index contributed by atoms with van der Waals surface area (Å²) in [5, 5.41) is 4.41. The summed E-state index contributed by atoms with van der Waals surface area (Å²) in [6.07, 6.45) is 5.30. The van der Waals surface area contributed by atoms with Crippen LogP contribution in [-0.4, -0.2) is 33.8 Å². The molecule has 1 aromatic heterocycles. The van der Waals surface area contributed by atoms with Gasteiger partial charge in [0.2, 0.25) is 0 Å². The molecule has 0 aromatic carbocycles. The molecular formula is C13H24N4. The molecule has 0 saturated carbocycles. The second kappa shape index (κ2) is 5.65. The Morgan fingerprint density at radius 1 is 1.35 bits per heavy atom. The molecule has 0 bridgehead atoms. The average molecular weight is 236 g/mol. The number of aryl methyl sites for hydroxylation is 1. The molecular weight excluding hydrogens is 212 g/mol. The van der Waals surface area contributed by atoms with E-state index in [1.165, 1.54) is 12.1 Å². The second-order valence-electron chi connectivity index (χ2n) is 4.91. The van der Waals surface area contributed by atoms with Gasteiger partial charge >= 0.3 is 0 Å². The molecule has 0 spiro atoms. The molecule has 4 heteroatoms. The zero-order valence-electron chi connectivity index (χ0n) is 11.0. The molecule has 4 nitrogen and oxygen atoms in total. The Bertz CT molecular complexity index is 345. The van der Waals surface area contributed by atoms with Gasteiger partial charge in [0.05, 0.1) is 11.7 Å². The Morgan fingerprint density at radius 2 is 2.12 bits per heavy atom. The summed E-state index contributed by atoms with van der Waals surface area (Å²) in [6, 6.07) is 2.76. The maximum Gasteiger partial charge on any atom is 0.0671 e. The lowest BCUT2D eigenvalue weighted by Crippen LogP contribution is -2.34.